The highest BCUT2D eigenvalue weighted by Gasteiger charge is 2.16. The van der Waals surface area contributed by atoms with Crippen molar-refractivity contribution < 1.29 is 19.1 Å². The van der Waals surface area contributed by atoms with E-state index in [-0.39, 0.29) is 6.54 Å². The second-order valence-electron chi connectivity index (χ2n) is 5.41. The number of benzene rings is 1. The third-order valence-electron chi connectivity index (χ3n) is 3.54. The number of hydrogen-bond donors (Lipinski definition) is 3. The van der Waals surface area contributed by atoms with Crippen molar-refractivity contribution in [2.45, 2.75) is 12.6 Å². The predicted molar refractivity (Wildman–Crippen MR) is 99.6 cm³/mol. The summed E-state index contributed by atoms with van der Waals surface area (Å²) < 4.78 is 12.8. The van der Waals surface area contributed by atoms with Gasteiger partial charge in [0.2, 0.25) is 0 Å². The normalized spacial score (nSPS) is 11.8. The zero-order valence-corrected chi connectivity index (χ0v) is 15.1. The summed E-state index contributed by atoms with van der Waals surface area (Å²) in [6.45, 7) is 0.177. The van der Waals surface area contributed by atoms with E-state index in [0.717, 1.165) is 15.3 Å². The number of carbonyl (C=O) groups excluding carboxylic acids is 2. The highest BCUT2D eigenvalue weighted by atomic mass is 32.1. The maximum Gasteiger partial charge on any atom is 0.313 e. The summed E-state index contributed by atoms with van der Waals surface area (Å²) in [6, 6.07) is 10.6. The molecule has 1 aromatic carbocycles. The first-order chi connectivity index (χ1) is 12.5. The molecule has 1 unspecified atom stereocenters. The van der Waals surface area contributed by atoms with Crippen LogP contribution < -0.4 is 10.6 Å². The molecule has 5 nitrogen and oxygen atoms in total. The van der Waals surface area contributed by atoms with Crippen LogP contribution in [-0.4, -0.2) is 16.9 Å². The number of aliphatic hydroxyl groups excluding tert-OH is 1. The Morgan fingerprint density at radius 2 is 1.85 bits per heavy atom. The Morgan fingerprint density at radius 1 is 1.08 bits per heavy atom. The van der Waals surface area contributed by atoms with Crippen molar-refractivity contribution in [3.05, 3.63) is 74.4 Å². The highest BCUT2D eigenvalue weighted by molar-refractivity contribution is 7.12. The third kappa shape index (κ3) is 4.54. The van der Waals surface area contributed by atoms with Crippen LogP contribution in [-0.2, 0) is 16.1 Å². The number of anilines is 1. The number of amides is 2. The first-order valence-electron chi connectivity index (χ1n) is 7.66. The van der Waals surface area contributed by atoms with Gasteiger partial charge in [-0.05, 0) is 58.8 Å². The summed E-state index contributed by atoms with van der Waals surface area (Å²) in [5.74, 6) is -2.04. The number of aliphatic hydroxyl groups is 1. The lowest BCUT2D eigenvalue weighted by molar-refractivity contribution is -0.136. The lowest BCUT2D eigenvalue weighted by Gasteiger charge is -2.06. The van der Waals surface area contributed by atoms with E-state index in [2.05, 4.69) is 10.6 Å². The van der Waals surface area contributed by atoms with Crippen molar-refractivity contribution >= 4 is 40.2 Å². The molecular formula is C18H15FN2O3S2. The maximum atomic E-state index is 12.8. The fourth-order valence-corrected chi connectivity index (χ4v) is 3.85. The molecule has 0 aliphatic heterocycles. The molecule has 1 atom stereocenters. The second-order valence-corrected chi connectivity index (χ2v) is 7.39. The SMILES string of the molecule is O=C(NCc1ccc(C(O)c2ccsc2)s1)C(=O)Nc1ccc(F)cc1. The summed E-state index contributed by atoms with van der Waals surface area (Å²) in [6.07, 6.45) is -0.697. The standard InChI is InChI=1S/C18H15FN2O3S2/c19-12-1-3-13(4-2-12)21-18(24)17(23)20-9-14-5-6-15(26-14)16(22)11-7-8-25-10-11/h1-8,10,16,22H,9H2,(H,20,23)(H,21,24). The molecule has 134 valence electrons. The molecule has 0 aliphatic rings. The van der Waals surface area contributed by atoms with Gasteiger partial charge in [0, 0.05) is 15.4 Å². The van der Waals surface area contributed by atoms with Crippen LogP contribution in [0.1, 0.15) is 21.4 Å². The molecule has 26 heavy (non-hydrogen) atoms. The Morgan fingerprint density at radius 3 is 2.54 bits per heavy atom. The average Bonchev–Trinajstić information content (AvgIpc) is 3.33. The van der Waals surface area contributed by atoms with Gasteiger partial charge in [-0.2, -0.15) is 11.3 Å². The molecule has 0 saturated heterocycles. The van der Waals surface area contributed by atoms with Crippen molar-refractivity contribution in [3.8, 4) is 0 Å². The number of thiophene rings is 2. The molecule has 3 rings (SSSR count). The molecule has 3 N–H and O–H groups in total. The summed E-state index contributed by atoms with van der Waals surface area (Å²) in [5, 5.41) is 19.0. The second kappa shape index (κ2) is 8.22. The number of halogens is 1. The molecule has 3 aromatic rings. The topological polar surface area (TPSA) is 78.4 Å². The molecule has 0 spiro atoms. The van der Waals surface area contributed by atoms with Crippen LogP contribution in [0.4, 0.5) is 10.1 Å². The maximum absolute atomic E-state index is 12.8. The molecule has 2 heterocycles. The Labute approximate surface area is 157 Å². The molecule has 0 bridgehead atoms. The van der Waals surface area contributed by atoms with Crippen LogP contribution in [0.25, 0.3) is 0 Å². The fourth-order valence-electron chi connectivity index (χ4n) is 2.20. The summed E-state index contributed by atoms with van der Waals surface area (Å²) in [7, 11) is 0. The van der Waals surface area contributed by atoms with E-state index in [9.17, 15) is 19.1 Å². The molecule has 2 aromatic heterocycles. The van der Waals surface area contributed by atoms with E-state index in [4.69, 9.17) is 0 Å². The van der Waals surface area contributed by atoms with Crippen molar-refractivity contribution in [2.24, 2.45) is 0 Å². The Balaban J connectivity index is 1.53. The van der Waals surface area contributed by atoms with Crippen molar-refractivity contribution in [1.82, 2.24) is 5.32 Å². The number of rotatable bonds is 5. The van der Waals surface area contributed by atoms with Crippen molar-refractivity contribution in [2.75, 3.05) is 5.32 Å². The minimum Gasteiger partial charge on any atom is -0.383 e. The van der Waals surface area contributed by atoms with Gasteiger partial charge < -0.3 is 15.7 Å². The van der Waals surface area contributed by atoms with E-state index in [1.807, 2.05) is 16.8 Å². The van der Waals surface area contributed by atoms with Gasteiger partial charge in [0.25, 0.3) is 0 Å². The van der Waals surface area contributed by atoms with Gasteiger partial charge in [-0.25, -0.2) is 4.39 Å². The van der Waals surface area contributed by atoms with Crippen molar-refractivity contribution in [1.29, 1.82) is 0 Å². The van der Waals surface area contributed by atoms with E-state index in [0.29, 0.717) is 5.69 Å². The number of carbonyl (C=O) groups is 2. The van der Waals surface area contributed by atoms with E-state index in [1.165, 1.54) is 46.9 Å². The first-order valence-corrected chi connectivity index (χ1v) is 9.42. The Hall–Kier alpha value is -2.55. The Kier molecular flexibility index (Phi) is 5.77. The molecule has 0 radical (unpaired) electrons. The molecule has 0 aliphatic carbocycles. The Bertz CT molecular complexity index is 892. The first kappa shape index (κ1) is 18.2. The summed E-state index contributed by atoms with van der Waals surface area (Å²) in [4.78, 5) is 25.3. The van der Waals surface area contributed by atoms with Gasteiger partial charge in [0.05, 0.1) is 6.54 Å². The average molecular weight is 390 g/mol. The zero-order valence-electron chi connectivity index (χ0n) is 13.4. The van der Waals surface area contributed by atoms with E-state index in [1.54, 1.807) is 12.1 Å². The molecule has 2 amide bonds. The molecular weight excluding hydrogens is 375 g/mol. The van der Waals surface area contributed by atoms with Gasteiger partial charge in [-0.1, -0.05) is 0 Å². The minimum atomic E-state index is -0.827. The summed E-state index contributed by atoms with van der Waals surface area (Å²) >= 11 is 2.88. The quantitative estimate of drug-likeness (QED) is 0.585. The molecule has 0 fully saturated rings. The van der Waals surface area contributed by atoms with Crippen LogP contribution in [0, 0.1) is 5.82 Å². The zero-order chi connectivity index (χ0) is 18.5. The monoisotopic (exact) mass is 390 g/mol. The van der Waals surface area contributed by atoms with Crippen LogP contribution >= 0.6 is 22.7 Å². The number of nitrogens with one attached hydrogen (secondary N) is 2. The lowest BCUT2D eigenvalue weighted by atomic mass is 10.2. The van der Waals surface area contributed by atoms with Gasteiger partial charge in [-0.15, -0.1) is 11.3 Å². The van der Waals surface area contributed by atoms with Gasteiger partial charge in [0.1, 0.15) is 11.9 Å². The predicted octanol–water partition coefficient (Wildman–Crippen LogP) is 3.29. The van der Waals surface area contributed by atoms with Crippen LogP contribution in [0.3, 0.4) is 0 Å². The van der Waals surface area contributed by atoms with Gasteiger partial charge in [-0.3, -0.25) is 9.59 Å². The third-order valence-corrected chi connectivity index (χ3v) is 5.38. The minimum absolute atomic E-state index is 0.177. The van der Waals surface area contributed by atoms with Crippen LogP contribution in [0.2, 0.25) is 0 Å². The van der Waals surface area contributed by atoms with E-state index < -0.39 is 23.7 Å². The van der Waals surface area contributed by atoms with Crippen molar-refractivity contribution in [3.63, 3.8) is 0 Å². The van der Waals surface area contributed by atoms with Crippen LogP contribution in [0.15, 0.2) is 53.2 Å². The van der Waals surface area contributed by atoms with Gasteiger partial charge in [0.15, 0.2) is 0 Å². The van der Waals surface area contributed by atoms with Gasteiger partial charge >= 0.3 is 11.8 Å². The van der Waals surface area contributed by atoms with E-state index >= 15 is 0 Å². The summed E-state index contributed by atoms with van der Waals surface area (Å²) in [5.41, 5.74) is 1.16. The molecule has 8 heteroatoms. The lowest BCUT2D eigenvalue weighted by Crippen LogP contribution is -2.34. The highest BCUT2D eigenvalue weighted by Crippen LogP contribution is 2.29. The van der Waals surface area contributed by atoms with Crippen LogP contribution in [0.5, 0.6) is 0 Å². The fraction of sp³-hybridized carbons (Fsp3) is 0.111. The molecule has 0 saturated carbocycles. The number of hydrogen-bond acceptors (Lipinski definition) is 5. The smallest absolute Gasteiger partial charge is 0.313 e. The largest absolute Gasteiger partial charge is 0.383 e.